The van der Waals surface area contributed by atoms with E-state index in [0.29, 0.717) is 6.42 Å². The number of guanidine groups is 1. The van der Waals surface area contributed by atoms with Gasteiger partial charge in [-0.1, -0.05) is 63.3 Å². The van der Waals surface area contributed by atoms with Crippen LogP contribution >= 0.6 is 0 Å². The molecule has 0 saturated carbocycles. The molecule has 28 heavy (non-hydrogen) atoms. The van der Waals surface area contributed by atoms with Gasteiger partial charge in [0.05, 0.1) is 0 Å². The summed E-state index contributed by atoms with van der Waals surface area (Å²) in [7, 11) is 1.50. The van der Waals surface area contributed by atoms with Crippen molar-refractivity contribution in [1.29, 1.82) is 0 Å². The van der Waals surface area contributed by atoms with E-state index in [-0.39, 0.29) is 18.4 Å². The van der Waals surface area contributed by atoms with Crippen molar-refractivity contribution in [3.8, 4) is 0 Å². The highest BCUT2D eigenvalue weighted by molar-refractivity contribution is 5.93. The van der Waals surface area contributed by atoms with E-state index in [2.05, 4.69) is 36.2 Å². The standard InChI is InChI=1S/C22H39N3O3/c1-3-4-5-6-7-8-9-10-11-12-13-14-15-16-17-18-20(26)24-22(23)25(2)19-21(27)28/h7-8,10-11H,3-6,9,12-19H2,1-2H3,(H,27,28)(H2,23,24,26). The van der Waals surface area contributed by atoms with Gasteiger partial charge < -0.3 is 15.7 Å². The lowest BCUT2D eigenvalue weighted by Crippen LogP contribution is -2.38. The molecule has 0 bridgehead atoms. The highest BCUT2D eigenvalue weighted by Gasteiger charge is 2.08. The number of aliphatic imine (C=N–C) groups is 1. The fourth-order valence-electron chi connectivity index (χ4n) is 2.64. The van der Waals surface area contributed by atoms with Crippen molar-refractivity contribution in [2.24, 2.45) is 10.7 Å². The highest BCUT2D eigenvalue weighted by atomic mass is 16.4. The summed E-state index contributed by atoms with van der Waals surface area (Å²) in [5, 5.41) is 8.67. The molecular weight excluding hydrogens is 354 g/mol. The van der Waals surface area contributed by atoms with Crippen LogP contribution in [0.15, 0.2) is 29.3 Å². The fourth-order valence-corrected chi connectivity index (χ4v) is 2.64. The summed E-state index contributed by atoms with van der Waals surface area (Å²) in [4.78, 5) is 27.3. The first-order valence-corrected chi connectivity index (χ1v) is 10.6. The van der Waals surface area contributed by atoms with Gasteiger partial charge in [0.15, 0.2) is 5.96 Å². The minimum atomic E-state index is -1.01. The average molecular weight is 394 g/mol. The molecule has 0 rings (SSSR count). The largest absolute Gasteiger partial charge is 0.480 e. The zero-order valence-corrected chi connectivity index (χ0v) is 17.7. The Morgan fingerprint density at radius 3 is 2.11 bits per heavy atom. The van der Waals surface area contributed by atoms with Gasteiger partial charge in [-0.15, -0.1) is 0 Å². The third kappa shape index (κ3) is 17.3. The maximum absolute atomic E-state index is 11.7. The van der Waals surface area contributed by atoms with Crippen molar-refractivity contribution in [2.45, 2.75) is 84.0 Å². The number of unbranched alkanes of at least 4 members (excludes halogenated alkanes) is 8. The van der Waals surface area contributed by atoms with Gasteiger partial charge >= 0.3 is 5.97 Å². The Balaban J connectivity index is 3.60. The Morgan fingerprint density at radius 1 is 0.929 bits per heavy atom. The molecule has 6 nitrogen and oxygen atoms in total. The highest BCUT2D eigenvalue weighted by Crippen LogP contribution is 2.08. The van der Waals surface area contributed by atoms with Crippen LogP contribution in [0.2, 0.25) is 0 Å². The number of carbonyl (C=O) groups is 2. The smallest absolute Gasteiger partial charge is 0.323 e. The lowest BCUT2D eigenvalue weighted by molar-refractivity contribution is -0.137. The number of carboxylic acids is 1. The minimum Gasteiger partial charge on any atom is -0.480 e. The van der Waals surface area contributed by atoms with Crippen molar-refractivity contribution >= 4 is 17.8 Å². The van der Waals surface area contributed by atoms with Crippen molar-refractivity contribution in [3.63, 3.8) is 0 Å². The van der Waals surface area contributed by atoms with Crippen LogP contribution in [-0.4, -0.2) is 41.4 Å². The Labute approximate surface area is 170 Å². The van der Waals surface area contributed by atoms with E-state index in [0.717, 1.165) is 38.5 Å². The summed E-state index contributed by atoms with van der Waals surface area (Å²) in [6, 6.07) is 0. The fraction of sp³-hybridized carbons (Fsp3) is 0.682. The van der Waals surface area contributed by atoms with Crippen molar-refractivity contribution in [3.05, 3.63) is 24.3 Å². The molecule has 6 heteroatoms. The second-order valence-electron chi connectivity index (χ2n) is 7.09. The molecule has 0 aliphatic rings. The molecule has 0 fully saturated rings. The van der Waals surface area contributed by atoms with Crippen molar-refractivity contribution < 1.29 is 14.7 Å². The number of carboxylic acid groups (broad SMARTS) is 1. The normalized spacial score (nSPS) is 12.1. The van der Waals surface area contributed by atoms with Crippen LogP contribution in [0.4, 0.5) is 0 Å². The van der Waals surface area contributed by atoms with Gasteiger partial charge in [0.1, 0.15) is 6.54 Å². The molecule has 0 radical (unpaired) electrons. The predicted molar refractivity (Wildman–Crippen MR) is 116 cm³/mol. The van der Waals surface area contributed by atoms with E-state index >= 15 is 0 Å². The van der Waals surface area contributed by atoms with Crippen LogP contribution in [0.25, 0.3) is 0 Å². The monoisotopic (exact) mass is 393 g/mol. The van der Waals surface area contributed by atoms with E-state index in [1.807, 2.05) is 0 Å². The van der Waals surface area contributed by atoms with Gasteiger partial charge in [0.25, 0.3) is 0 Å². The molecule has 0 aromatic carbocycles. The van der Waals surface area contributed by atoms with Gasteiger partial charge in [-0.25, -0.2) is 0 Å². The van der Waals surface area contributed by atoms with Crippen molar-refractivity contribution in [1.82, 2.24) is 4.90 Å². The number of rotatable bonds is 16. The number of amides is 1. The SMILES string of the molecule is CCCCCC=CCC=CCCCCCCCC(=O)N=C(N)N(C)CC(=O)O. The number of nitrogens with two attached hydrogens (primary N) is 1. The molecule has 0 aliphatic carbocycles. The topological polar surface area (TPSA) is 96.0 Å². The molecular formula is C22H39N3O3. The first-order valence-electron chi connectivity index (χ1n) is 10.6. The van der Waals surface area contributed by atoms with Crippen LogP contribution < -0.4 is 5.73 Å². The van der Waals surface area contributed by atoms with Crippen LogP contribution in [-0.2, 0) is 9.59 Å². The van der Waals surface area contributed by atoms with Crippen LogP contribution in [0.5, 0.6) is 0 Å². The minimum absolute atomic E-state index is 0.0463. The quantitative estimate of drug-likeness (QED) is 0.172. The summed E-state index contributed by atoms with van der Waals surface area (Å²) in [6.45, 7) is 1.95. The summed E-state index contributed by atoms with van der Waals surface area (Å²) >= 11 is 0. The number of hydrogen-bond acceptors (Lipinski definition) is 2. The lowest BCUT2D eigenvalue weighted by Gasteiger charge is -2.14. The molecule has 0 aliphatic heterocycles. The summed E-state index contributed by atoms with van der Waals surface area (Å²) < 4.78 is 0. The molecule has 0 saturated heterocycles. The molecule has 1 amide bonds. The first-order chi connectivity index (χ1) is 13.5. The Hall–Kier alpha value is -2.11. The maximum atomic E-state index is 11.7. The summed E-state index contributed by atoms with van der Waals surface area (Å²) in [5.74, 6) is -1.35. The average Bonchev–Trinajstić information content (AvgIpc) is 2.64. The molecule has 0 aromatic heterocycles. The molecule has 0 aromatic rings. The van der Waals surface area contributed by atoms with Gasteiger partial charge in [0.2, 0.25) is 5.91 Å². The van der Waals surface area contributed by atoms with Crippen LogP contribution in [0, 0.1) is 0 Å². The van der Waals surface area contributed by atoms with E-state index in [9.17, 15) is 9.59 Å². The molecule has 0 atom stereocenters. The van der Waals surface area contributed by atoms with E-state index in [4.69, 9.17) is 10.8 Å². The van der Waals surface area contributed by atoms with Gasteiger partial charge in [0, 0.05) is 13.5 Å². The second kappa shape index (κ2) is 18.3. The Morgan fingerprint density at radius 2 is 1.50 bits per heavy atom. The van der Waals surface area contributed by atoms with Gasteiger partial charge in [-0.2, -0.15) is 4.99 Å². The molecule has 0 unspecified atom stereocenters. The third-order valence-corrected chi connectivity index (χ3v) is 4.34. The Bertz CT molecular complexity index is 513. The number of nitrogens with zero attached hydrogens (tertiary/aromatic N) is 2. The number of allylic oxidation sites excluding steroid dienone is 4. The van der Waals surface area contributed by atoms with Crippen LogP contribution in [0.3, 0.4) is 0 Å². The van der Waals surface area contributed by atoms with E-state index in [1.54, 1.807) is 0 Å². The number of carbonyl (C=O) groups excluding carboxylic acids is 1. The zero-order chi connectivity index (χ0) is 21.0. The maximum Gasteiger partial charge on any atom is 0.323 e. The first kappa shape index (κ1) is 25.9. The van der Waals surface area contributed by atoms with E-state index < -0.39 is 5.97 Å². The van der Waals surface area contributed by atoms with Crippen molar-refractivity contribution in [2.75, 3.05) is 13.6 Å². The summed E-state index contributed by atoms with van der Waals surface area (Å²) in [6.07, 6.45) is 21.8. The summed E-state index contributed by atoms with van der Waals surface area (Å²) in [5.41, 5.74) is 5.60. The van der Waals surface area contributed by atoms with Gasteiger partial charge in [-0.3, -0.25) is 9.59 Å². The second-order valence-corrected chi connectivity index (χ2v) is 7.09. The molecule has 160 valence electrons. The number of hydrogen-bond donors (Lipinski definition) is 2. The third-order valence-electron chi connectivity index (χ3n) is 4.34. The number of aliphatic carboxylic acids is 1. The Kier molecular flexibility index (Phi) is 16.9. The van der Waals surface area contributed by atoms with Crippen LogP contribution in [0.1, 0.15) is 84.0 Å². The van der Waals surface area contributed by atoms with E-state index in [1.165, 1.54) is 44.1 Å². The zero-order valence-electron chi connectivity index (χ0n) is 17.7. The predicted octanol–water partition coefficient (Wildman–Crippen LogP) is 4.66. The molecule has 0 heterocycles. The number of likely N-dealkylation sites (N-methyl/N-ethyl adjacent to an activating group) is 1. The molecule has 0 spiro atoms. The lowest BCUT2D eigenvalue weighted by atomic mass is 10.1. The molecule has 3 N–H and O–H groups in total. The van der Waals surface area contributed by atoms with Gasteiger partial charge in [-0.05, 0) is 38.5 Å².